The maximum Gasteiger partial charge on any atom is 0.271 e. The Morgan fingerprint density at radius 3 is 2.62 bits per heavy atom. The molecule has 0 saturated carbocycles. The Morgan fingerprint density at radius 2 is 1.87 bits per heavy atom. The Morgan fingerprint density at radius 1 is 1.08 bits per heavy atom. The Hall–Kier alpha value is -4.42. The topological polar surface area (TPSA) is 120 Å². The van der Waals surface area contributed by atoms with Crippen LogP contribution in [-0.2, 0) is 9.59 Å². The lowest BCUT2D eigenvalue weighted by molar-refractivity contribution is -0.384. The second-order valence-electron chi connectivity index (χ2n) is 7.97. The fourth-order valence-corrected chi connectivity index (χ4v) is 4.96. The summed E-state index contributed by atoms with van der Waals surface area (Å²) in [4.78, 5) is 37.8. The fraction of sp³-hybridized carbons (Fsp3) is 0.148. The number of ether oxygens (including phenoxy) is 3. The largest absolute Gasteiger partial charge is 0.493 e. The number of benzene rings is 3. The molecule has 0 aliphatic carbocycles. The molecule has 0 unspecified atom stereocenters. The molecule has 4 rings (SSSR count). The molecule has 200 valence electrons. The third kappa shape index (κ3) is 6.54. The van der Waals surface area contributed by atoms with E-state index < -0.39 is 10.8 Å². The Kier molecular flexibility index (Phi) is 8.79. The summed E-state index contributed by atoms with van der Waals surface area (Å²) in [7, 11) is 1.46. The number of para-hydroxylation sites is 2. The van der Waals surface area contributed by atoms with Crippen molar-refractivity contribution in [3.63, 3.8) is 0 Å². The van der Waals surface area contributed by atoms with E-state index in [4.69, 9.17) is 26.4 Å². The molecular weight excluding hydrogens is 542 g/mol. The number of thioether (sulfide) groups is 1. The molecule has 39 heavy (non-hydrogen) atoms. The van der Waals surface area contributed by atoms with Crippen LogP contribution in [0.3, 0.4) is 0 Å². The molecule has 0 radical (unpaired) electrons. The number of rotatable bonds is 10. The maximum atomic E-state index is 13.1. The minimum atomic E-state index is -0.531. The molecule has 0 spiro atoms. The number of methoxy groups -OCH3 is 1. The van der Waals surface area contributed by atoms with Crippen molar-refractivity contribution < 1.29 is 28.7 Å². The minimum absolute atomic E-state index is 0.141. The first-order chi connectivity index (χ1) is 18.8. The highest BCUT2D eigenvalue weighted by atomic mass is 32.2. The second kappa shape index (κ2) is 12.4. The van der Waals surface area contributed by atoms with Gasteiger partial charge in [-0.3, -0.25) is 24.6 Å². The molecule has 2 amide bonds. The molecule has 1 heterocycles. The number of hydrogen-bond acceptors (Lipinski definition) is 9. The average Bonchev–Trinajstić information content (AvgIpc) is 3.21. The van der Waals surface area contributed by atoms with Gasteiger partial charge >= 0.3 is 0 Å². The Balaban J connectivity index is 1.46. The highest BCUT2D eigenvalue weighted by Crippen LogP contribution is 2.38. The quantitative estimate of drug-likeness (QED) is 0.149. The Labute approximate surface area is 233 Å². The lowest BCUT2D eigenvalue weighted by Gasteiger charge is -2.14. The van der Waals surface area contributed by atoms with Gasteiger partial charge in [0.1, 0.15) is 5.75 Å². The number of non-ortho nitro benzene ring substituents is 1. The number of nitrogens with one attached hydrogen (secondary N) is 1. The van der Waals surface area contributed by atoms with E-state index in [1.54, 1.807) is 48.5 Å². The van der Waals surface area contributed by atoms with E-state index in [0.29, 0.717) is 45.7 Å². The van der Waals surface area contributed by atoms with Gasteiger partial charge in [0.25, 0.3) is 17.5 Å². The Bertz CT molecular complexity index is 1480. The van der Waals surface area contributed by atoms with Crippen molar-refractivity contribution in [1.29, 1.82) is 0 Å². The van der Waals surface area contributed by atoms with Crippen molar-refractivity contribution in [2.45, 2.75) is 6.92 Å². The molecule has 12 heteroatoms. The number of nitro benzene ring substituents is 1. The number of nitro groups is 1. The van der Waals surface area contributed by atoms with Crippen LogP contribution in [0.1, 0.15) is 12.5 Å². The van der Waals surface area contributed by atoms with Crippen molar-refractivity contribution >= 4 is 63.3 Å². The summed E-state index contributed by atoms with van der Waals surface area (Å²) >= 11 is 6.45. The first-order valence-electron chi connectivity index (χ1n) is 11.7. The monoisotopic (exact) mass is 565 g/mol. The third-order valence-electron chi connectivity index (χ3n) is 5.40. The van der Waals surface area contributed by atoms with Crippen LogP contribution in [0.25, 0.3) is 6.08 Å². The number of amides is 2. The average molecular weight is 566 g/mol. The summed E-state index contributed by atoms with van der Waals surface area (Å²) in [6.45, 7) is 2.06. The van der Waals surface area contributed by atoms with Crippen molar-refractivity contribution in [3.05, 3.63) is 87.3 Å². The number of carbonyl (C=O) groups is 2. The van der Waals surface area contributed by atoms with Crippen molar-refractivity contribution in [3.8, 4) is 17.2 Å². The normalized spacial score (nSPS) is 13.9. The number of thiocarbonyl (C=S) groups is 1. The van der Waals surface area contributed by atoms with Gasteiger partial charge in [0, 0.05) is 12.1 Å². The van der Waals surface area contributed by atoms with Gasteiger partial charge in [-0.1, -0.05) is 48.2 Å². The van der Waals surface area contributed by atoms with Crippen LogP contribution in [0.4, 0.5) is 17.1 Å². The number of carbonyl (C=O) groups excluding carboxylic acids is 2. The van der Waals surface area contributed by atoms with Gasteiger partial charge in [-0.05, 0) is 48.9 Å². The highest BCUT2D eigenvalue weighted by molar-refractivity contribution is 8.27. The molecule has 1 fully saturated rings. The smallest absolute Gasteiger partial charge is 0.271 e. The summed E-state index contributed by atoms with van der Waals surface area (Å²) in [6, 6.07) is 17.8. The van der Waals surface area contributed by atoms with Crippen LogP contribution in [0.5, 0.6) is 17.2 Å². The second-order valence-corrected chi connectivity index (χ2v) is 9.65. The highest BCUT2D eigenvalue weighted by Gasteiger charge is 2.34. The fourth-order valence-electron chi connectivity index (χ4n) is 3.66. The SMILES string of the molecule is CCOc1ccccc1NC(=O)COc1ccc(/C=C2\SC(=S)N(c3cccc([N+](=O)[O-])c3)C2=O)cc1OC. The molecule has 10 nitrogen and oxygen atoms in total. The van der Waals surface area contributed by atoms with E-state index in [0.717, 1.165) is 11.8 Å². The first kappa shape index (κ1) is 27.6. The van der Waals surface area contributed by atoms with Gasteiger partial charge in [0.15, 0.2) is 22.4 Å². The standard InChI is InChI=1S/C27H23N3O7S2/c1-3-36-21-10-5-4-9-20(21)28-25(31)16-37-22-12-11-17(13-23(22)35-2)14-24-26(32)29(27(38)39-24)18-7-6-8-19(15-18)30(33)34/h4-15H,3,16H2,1-2H3,(H,28,31)/b24-14-. The van der Waals surface area contributed by atoms with Gasteiger partial charge in [-0.25, -0.2) is 0 Å². The summed E-state index contributed by atoms with van der Waals surface area (Å²) < 4.78 is 16.9. The van der Waals surface area contributed by atoms with Crippen molar-refractivity contribution in [2.75, 3.05) is 30.5 Å². The van der Waals surface area contributed by atoms with Gasteiger partial charge in [-0.15, -0.1) is 0 Å². The van der Waals surface area contributed by atoms with E-state index in [1.807, 2.05) is 13.0 Å². The number of hydrogen-bond donors (Lipinski definition) is 1. The molecule has 1 aliphatic heterocycles. The van der Waals surface area contributed by atoms with E-state index in [-0.39, 0.29) is 22.5 Å². The lowest BCUT2D eigenvalue weighted by atomic mass is 10.1. The number of nitrogens with zero attached hydrogens (tertiary/aromatic N) is 2. The zero-order valence-corrected chi connectivity index (χ0v) is 22.5. The van der Waals surface area contributed by atoms with Crippen molar-refractivity contribution in [2.24, 2.45) is 0 Å². The van der Waals surface area contributed by atoms with E-state index >= 15 is 0 Å². The summed E-state index contributed by atoms with van der Waals surface area (Å²) in [6.07, 6.45) is 1.64. The predicted octanol–water partition coefficient (Wildman–Crippen LogP) is 5.43. The molecule has 0 bridgehead atoms. The molecular formula is C27H23N3O7S2. The van der Waals surface area contributed by atoms with Gasteiger partial charge < -0.3 is 19.5 Å². The van der Waals surface area contributed by atoms with E-state index in [9.17, 15) is 19.7 Å². The summed E-state index contributed by atoms with van der Waals surface area (Å²) in [5.41, 5.74) is 1.35. The molecule has 1 aliphatic rings. The molecule has 0 atom stereocenters. The van der Waals surface area contributed by atoms with Gasteiger partial charge in [-0.2, -0.15) is 0 Å². The van der Waals surface area contributed by atoms with Crippen LogP contribution < -0.4 is 24.4 Å². The molecule has 3 aromatic carbocycles. The first-order valence-corrected chi connectivity index (χ1v) is 12.9. The molecule has 3 aromatic rings. The van der Waals surface area contributed by atoms with Crippen LogP contribution in [0.2, 0.25) is 0 Å². The van der Waals surface area contributed by atoms with E-state index in [2.05, 4.69) is 5.32 Å². The zero-order valence-electron chi connectivity index (χ0n) is 20.9. The summed E-state index contributed by atoms with van der Waals surface area (Å²) in [5, 5.41) is 13.9. The molecule has 1 N–H and O–H groups in total. The third-order valence-corrected chi connectivity index (χ3v) is 6.70. The number of anilines is 2. The van der Waals surface area contributed by atoms with E-state index in [1.165, 1.54) is 30.2 Å². The molecule has 0 aromatic heterocycles. The predicted molar refractivity (Wildman–Crippen MR) is 153 cm³/mol. The van der Waals surface area contributed by atoms with Crippen LogP contribution >= 0.6 is 24.0 Å². The maximum absolute atomic E-state index is 13.1. The van der Waals surface area contributed by atoms with Crippen LogP contribution in [0.15, 0.2) is 71.6 Å². The molecule has 1 saturated heterocycles. The zero-order chi connectivity index (χ0) is 27.9. The van der Waals surface area contributed by atoms with Gasteiger partial charge in [0.05, 0.1) is 34.9 Å². The minimum Gasteiger partial charge on any atom is -0.493 e. The summed E-state index contributed by atoms with van der Waals surface area (Å²) in [5.74, 6) is 0.491. The lowest BCUT2D eigenvalue weighted by Crippen LogP contribution is -2.27. The van der Waals surface area contributed by atoms with Crippen LogP contribution in [0, 0.1) is 10.1 Å². The van der Waals surface area contributed by atoms with Crippen molar-refractivity contribution in [1.82, 2.24) is 0 Å². The van der Waals surface area contributed by atoms with Gasteiger partial charge in [0.2, 0.25) is 0 Å². The van der Waals surface area contributed by atoms with Crippen LogP contribution in [-0.4, -0.2) is 41.4 Å².